The van der Waals surface area contributed by atoms with Crippen LogP contribution in [0.15, 0.2) is 18.3 Å². The van der Waals surface area contributed by atoms with Crippen LogP contribution in [0.3, 0.4) is 0 Å². The predicted molar refractivity (Wildman–Crippen MR) is 69.3 cm³/mol. The van der Waals surface area contributed by atoms with Crippen LogP contribution in [0.2, 0.25) is 5.15 Å². The van der Waals surface area contributed by atoms with Crippen LogP contribution in [-0.4, -0.2) is 49.5 Å². The Kier molecular flexibility index (Phi) is 5.90. The average Bonchev–Trinajstić information content (AvgIpc) is 2.29. The molecule has 1 aromatic rings. The molecule has 1 aromatic heterocycles. The lowest BCUT2D eigenvalue weighted by Crippen LogP contribution is -2.34. The standard InChI is InChI=1S/C11H17ClN4O/c1-13-6-7-16(2)8-10(17)15-9-4-3-5-14-11(9)12/h3-5,13H,6-8H2,1-2H3,(H,15,17). The Morgan fingerprint density at radius 1 is 1.59 bits per heavy atom. The molecule has 0 aromatic carbocycles. The maximum Gasteiger partial charge on any atom is 0.238 e. The average molecular weight is 257 g/mol. The van der Waals surface area contributed by atoms with Crippen molar-refractivity contribution in [3.63, 3.8) is 0 Å². The summed E-state index contributed by atoms with van der Waals surface area (Å²) in [6.45, 7) is 1.98. The zero-order valence-electron chi connectivity index (χ0n) is 10.0. The molecule has 0 saturated heterocycles. The summed E-state index contributed by atoms with van der Waals surface area (Å²) >= 11 is 5.84. The summed E-state index contributed by atoms with van der Waals surface area (Å²) in [5.41, 5.74) is 0.543. The van der Waals surface area contributed by atoms with Gasteiger partial charge in [-0.1, -0.05) is 11.6 Å². The third kappa shape index (κ3) is 5.12. The molecule has 0 spiro atoms. The predicted octanol–water partition coefficient (Wildman–Crippen LogP) is 0.825. The summed E-state index contributed by atoms with van der Waals surface area (Å²) in [4.78, 5) is 17.5. The zero-order chi connectivity index (χ0) is 12.7. The molecule has 0 aliphatic carbocycles. The van der Waals surface area contributed by atoms with Gasteiger partial charge in [-0.15, -0.1) is 0 Å². The van der Waals surface area contributed by atoms with E-state index in [9.17, 15) is 4.79 Å². The monoisotopic (exact) mass is 256 g/mol. The molecule has 0 saturated carbocycles. The summed E-state index contributed by atoms with van der Waals surface area (Å²) < 4.78 is 0. The smallest absolute Gasteiger partial charge is 0.238 e. The first-order chi connectivity index (χ1) is 8.13. The molecule has 1 amide bonds. The van der Waals surface area contributed by atoms with Crippen molar-refractivity contribution in [1.29, 1.82) is 0 Å². The van der Waals surface area contributed by atoms with Gasteiger partial charge in [-0.05, 0) is 26.2 Å². The molecule has 1 rings (SSSR count). The van der Waals surface area contributed by atoms with Crippen LogP contribution in [0, 0.1) is 0 Å². The van der Waals surface area contributed by atoms with Gasteiger partial charge in [-0.25, -0.2) is 4.98 Å². The Morgan fingerprint density at radius 3 is 3.00 bits per heavy atom. The minimum Gasteiger partial charge on any atom is -0.322 e. The number of anilines is 1. The molecule has 94 valence electrons. The maximum atomic E-state index is 11.7. The van der Waals surface area contributed by atoms with Crippen molar-refractivity contribution < 1.29 is 4.79 Å². The number of nitrogens with zero attached hydrogens (tertiary/aromatic N) is 2. The zero-order valence-corrected chi connectivity index (χ0v) is 10.8. The fourth-order valence-electron chi connectivity index (χ4n) is 1.30. The van der Waals surface area contributed by atoms with Crippen molar-refractivity contribution in [3.05, 3.63) is 23.5 Å². The number of hydrogen-bond donors (Lipinski definition) is 2. The number of carbonyl (C=O) groups excluding carboxylic acids is 1. The highest BCUT2D eigenvalue weighted by atomic mass is 35.5. The van der Waals surface area contributed by atoms with Crippen LogP contribution in [-0.2, 0) is 4.79 Å². The molecule has 0 atom stereocenters. The van der Waals surface area contributed by atoms with E-state index >= 15 is 0 Å². The van der Waals surface area contributed by atoms with Crippen molar-refractivity contribution in [2.24, 2.45) is 0 Å². The molecule has 0 aliphatic heterocycles. The van der Waals surface area contributed by atoms with Gasteiger partial charge in [-0.3, -0.25) is 9.69 Å². The number of likely N-dealkylation sites (N-methyl/N-ethyl adjacent to an activating group) is 2. The fourth-order valence-corrected chi connectivity index (χ4v) is 1.46. The van der Waals surface area contributed by atoms with E-state index in [-0.39, 0.29) is 5.91 Å². The molecular formula is C11H17ClN4O. The second-order valence-electron chi connectivity index (χ2n) is 3.73. The van der Waals surface area contributed by atoms with E-state index in [0.29, 0.717) is 17.4 Å². The minimum atomic E-state index is -0.0986. The fraction of sp³-hybridized carbons (Fsp3) is 0.455. The van der Waals surface area contributed by atoms with Gasteiger partial charge in [0.2, 0.25) is 5.91 Å². The number of halogens is 1. The molecule has 2 N–H and O–H groups in total. The molecule has 0 aliphatic rings. The number of hydrogen-bond acceptors (Lipinski definition) is 4. The van der Waals surface area contributed by atoms with Crippen molar-refractivity contribution in [1.82, 2.24) is 15.2 Å². The molecule has 0 unspecified atom stereocenters. The third-order valence-electron chi connectivity index (χ3n) is 2.19. The van der Waals surface area contributed by atoms with Gasteiger partial charge < -0.3 is 10.6 Å². The molecule has 0 fully saturated rings. The van der Waals surface area contributed by atoms with E-state index in [1.807, 2.05) is 19.0 Å². The minimum absolute atomic E-state index is 0.0986. The first-order valence-electron chi connectivity index (χ1n) is 5.37. The van der Waals surface area contributed by atoms with Crippen LogP contribution in [0.4, 0.5) is 5.69 Å². The Morgan fingerprint density at radius 2 is 2.35 bits per heavy atom. The third-order valence-corrected chi connectivity index (χ3v) is 2.49. The van der Waals surface area contributed by atoms with E-state index in [1.54, 1.807) is 18.3 Å². The molecule has 1 heterocycles. The van der Waals surface area contributed by atoms with Crippen molar-refractivity contribution in [2.75, 3.05) is 39.0 Å². The van der Waals surface area contributed by atoms with Crippen LogP contribution >= 0.6 is 11.6 Å². The highest BCUT2D eigenvalue weighted by molar-refractivity contribution is 6.32. The Labute approximate surface area is 106 Å². The normalized spacial score (nSPS) is 10.6. The highest BCUT2D eigenvalue weighted by Crippen LogP contribution is 2.16. The van der Waals surface area contributed by atoms with Gasteiger partial charge in [0.1, 0.15) is 0 Å². The van der Waals surface area contributed by atoms with E-state index < -0.39 is 0 Å². The number of rotatable bonds is 6. The van der Waals surface area contributed by atoms with Crippen LogP contribution in [0.5, 0.6) is 0 Å². The summed E-state index contributed by atoms with van der Waals surface area (Å²) in [5.74, 6) is -0.0986. The van der Waals surface area contributed by atoms with Crippen molar-refractivity contribution in [3.8, 4) is 0 Å². The van der Waals surface area contributed by atoms with Crippen LogP contribution in [0.25, 0.3) is 0 Å². The molecule has 0 bridgehead atoms. The topological polar surface area (TPSA) is 57.3 Å². The van der Waals surface area contributed by atoms with Gasteiger partial charge in [0.05, 0.1) is 12.2 Å². The lowest BCUT2D eigenvalue weighted by atomic mass is 10.4. The van der Waals surface area contributed by atoms with Crippen LogP contribution < -0.4 is 10.6 Å². The first-order valence-corrected chi connectivity index (χ1v) is 5.74. The molecular weight excluding hydrogens is 240 g/mol. The van der Waals surface area contributed by atoms with E-state index in [0.717, 1.165) is 13.1 Å². The lowest BCUT2D eigenvalue weighted by Gasteiger charge is -2.15. The Balaban J connectivity index is 2.42. The second-order valence-corrected chi connectivity index (χ2v) is 4.09. The van der Waals surface area contributed by atoms with E-state index in [4.69, 9.17) is 11.6 Å². The Bertz CT molecular complexity index is 372. The largest absolute Gasteiger partial charge is 0.322 e. The number of amides is 1. The quantitative estimate of drug-likeness (QED) is 0.740. The molecule has 6 heteroatoms. The number of pyridine rings is 1. The summed E-state index contributed by atoms with van der Waals surface area (Å²) in [5, 5.41) is 6.05. The molecule has 0 radical (unpaired) electrons. The van der Waals surface area contributed by atoms with Gasteiger partial charge in [0.25, 0.3) is 0 Å². The summed E-state index contributed by atoms with van der Waals surface area (Å²) in [6.07, 6.45) is 1.58. The van der Waals surface area contributed by atoms with Crippen LogP contribution in [0.1, 0.15) is 0 Å². The summed E-state index contributed by atoms with van der Waals surface area (Å²) in [6, 6.07) is 3.45. The van der Waals surface area contributed by atoms with E-state index in [1.165, 1.54) is 0 Å². The number of nitrogens with one attached hydrogen (secondary N) is 2. The lowest BCUT2D eigenvalue weighted by molar-refractivity contribution is -0.117. The van der Waals surface area contributed by atoms with Gasteiger partial charge >= 0.3 is 0 Å². The second kappa shape index (κ2) is 7.21. The number of carbonyl (C=O) groups is 1. The SMILES string of the molecule is CNCCN(C)CC(=O)Nc1cccnc1Cl. The maximum absolute atomic E-state index is 11.7. The highest BCUT2D eigenvalue weighted by Gasteiger charge is 2.08. The summed E-state index contributed by atoms with van der Waals surface area (Å²) in [7, 11) is 3.77. The van der Waals surface area contributed by atoms with E-state index in [2.05, 4.69) is 15.6 Å². The first kappa shape index (κ1) is 13.9. The van der Waals surface area contributed by atoms with Gasteiger partial charge in [-0.2, -0.15) is 0 Å². The Hall–Kier alpha value is -1.17. The van der Waals surface area contributed by atoms with Gasteiger partial charge in [0, 0.05) is 19.3 Å². The van der Waals surface area contributed by atoms with Crippen molar-refractivity contribution in [2.45, 2.75) is 0 Å². The molecule has 17 heavy (non-hydrogen) atoms. The molecule has 5 nitrogen and oxygen atoms in total. The van der Waals surface area contributed by atoms with Gasteiger partial charge in [0.15, 0.2) is 5.15 Å². The van der Waals surface area contributed by atoms with Crippen molar-refractivity contribution >= 4 is 23.2 Å². The number of aromatic nitrogens is 1.